The molecule has 0 aliphatic carbocycles. The molecule has 11 heavy (non-hydrogen) atoms. The van der Waals surface area contributed by atoms with Gasteiger partial charge >= 0.3 is 0 Å². The summed E-state index contributed by atoms with van der Waals surface area (Å²) in [5, 5.41) is 0. The van der Waals surface area contributed by atoms with Crippen molar-refractivity contribution in [3.05, 3.63) is 12.7 Å². The van der Waals surface area contributed by atoms with Gasteiger partial charge in [0.25, 0.3) is 0 Å². The Kier molecular flexibility index (Phi) is 5.35. The molecule has 0 amide bonds. The number of carbonyl (C=O) groups is 2. The number of ketones is 1. The first-order chi connectivity index (χ1) is 5.20. The van der Waals surface area contributed by atoms with E-state index in [1.54, 1.807) is 13.0 Å². The molecular formula is C9H14O2. The largest absolute Gasteiger partial charge is 0.303 e. The quantitative estimate of drug-likeness (QED) is 0.431. The van der Waals surface area contributed by atoms with Crippen molar-refractivity contribution in [2.24, 2.45) is 5.92 Å². The molecule has 0 saturated carbocycles. The average molecular weight is 154 g/mol. The first-order valence-corrected chi connectivity index (χ1v) is 3.76. The topological polar surface area (TPSA) is 34.1 Å². The van der Waals surface area contributed by atoms with Crippen LogP contribution in [0.3, 0.4) is 0 Å². The van der Waals surface area contributed by atoms with Crippen LogP contribution in [0, 0.1) is 5.92 Å². The van der Waals surface area contributed by atoms with Gasteiger partial charge in [0.15, 0.2) is 0 Å². The molecule has 0 heterocycles. The van der Waals surface area contributed by atoms with Crippen LogP contribution < -0.4 is 0 Å². The van der Waals surface area contributed by atoms with Crippen molar-refractivity contribution in [3.63, 3.8) is 0 Å². The van der Waals surface area contributed by atoms with Gasteiger partial charge in [0.05, 0.1) is 0 Å². The maximum Gasteiger partial charge on any atom is 0.129 e. The summed E-state index contributed by atoms with van der Waals surface area (Å²) in [4.78, 5) is 20.6. The number of hydrogen-bond acceptors (Lipinski definition) is 2. The summed E-state index contributed by atoms with van der Waals surface area (Å²) in [5.74, 6) is 0.346. The van der Waals surface area contributed by atoms with Gasteiger partial charge in [0, 0.05) is 12.8 Å². The molecule has 0 rings (SSSR count). The van der Waals surface area contributed by atoms with Crippen LogP contribution >= 0.6 is 0 Å². The van der Waals surface area contributed by atoms with Gasteiger partial charge in [-0.3, -0.25) is 0 Å². The van der Waals surface area contributed by atoms with Gasteiger partial charge in [0.1, 0.15) is 12.1 Å². The van der Waals surface area contributed by atoms with E-state index in [9.17, 15) is 9.59 Å². The molecule has 62 valence electrons. The lowest BCUT2D eigenvalue weighted by atomic mass is 9.99. The molecule has 0 fully saturated rings. The fraction of sp³-hybridized carbons (Fsp3) is 0.556. The summed E-state index contributed by atoms with van der Waals surface area (Å²) >= 11 is 0. The van der Waals surface area contributed by atoms with E-state index in [4.69, 9.17) is 0 Å². The lowest BCUT2D eigenvalue weighted by Gasteiger charge is -2.05. The third kappa shape index (κ3) is 5.52. The van der Waals surface area contributed by atoms with E-state index in [1.165, 1.54) is 0 Å². The minimum atomic E-state index is 0.169. The number of hydrogen-bond donors (Lipinski definition) is 0. The van der Waals surface area contributed by atoms with Crippen molar-refractivity contribution < 1.29 is 9.59 Å². The number of aldehydes is 1. The molecule has 2 nitrogen and oxygen atoms in total. The maximum absolute atomic E-state index is 10.5. The lowest BCUT2D eigenvalue weighted by molar-refractivity contribution is -0.117. The van der Waals surface area contributed by atoms with Crippen LogP contribution in [0.5, 0.6) is 0 Å². The molecule has 0 aromatic rings. The van der Waals surface area contributed by atoms with Crippen LogP contribution in [0.2, 0.25) is 0 Å². The number of rotatable bonds is 6. The van der Waals surface area contributed by atoms with Gasteiger partial charge in [-0.05, 0) is 19.3 Å². The predicted octanol–water partition coefficient (Wildman–Crippen LogP) is 1.75. The van der Waals surface area contributed by atoms with Gasteiger partial charge in [-0.2, -0.15) is 0 Å². The molecule has 0 radical (unpaired) electrons. The fourth-order valence-corrected chi connectivity index (χ4v) is 0.844. The van der Waals surface area contributed by atoms with Crippen molar-refractivity contribution >= 4 is 12.1 Å². The normalized spacial score (nSPS) is 12.1. The van der Waals surface area contributed by atoms with Gasteiger partial charge < -0.3 is 9.59 Å². The molecular weight excluding hydrogens is 140 g/mol. The molecule has 0 bridgehead atoms. The third-order valence-corrected chi connectivity index (χ3v) is 1.60. The molecule has 0 saturated heterocycles. The van der Waals surface area contributed by atoms with E-state index < -0.39 is 0 Å². The summed E-state index contributed by atoms with van der Waals surface area (Å²) in [6, 6.07) is 0. The van der Waals surface area contributed by atoms with E-state index in [2.05, 4.69) is 6.58 Å². The molecule has 0 aromatic carbocycles. The van der Waals surface area contributed by atoms with Crippen molar-refractivity contribution in [2.75, 3.05) is 0 Å². The van der Waals surface area contributed by atoms with Crippen LogP contribution in [0.15, 0.2) is 12.7 Å². The number of Topliss-reactive ketones (excluding diaryl/α,β-unsaturated/α-hetero) is 1. The minimum Gasteiger partial charge on any atom is -0.303 e. The zero-order valence-electron chi connectivity index (χ0n) is 6.88. The van der Waals surface area contributed by atoms with E-state index in [0.29, 0.717) is 12.8 Å². The summed E-state index contributed by atoms with van der Waals surface area (Å²) in [7, 11) is 0. The molecule has 0 unspecified atom stereocenters. The van der Waals surface area contributed by atoms with Crippen molar-refractivity contribution in [1.82, 2.24) is 0 Å². The van der Waals surface area contributed by atoms with Gasteiger partial charge in [-0.15, -0.1) is 6.58 Å². The highest BCUT2D eigenvalue weighted by atomic mass is 16.1. The standard InChI is InChI=1S/C9H14O2/c1-3-9(6-7-10)5-4-8(2)11/h3,7,9H,1,4-6H2,2H3/t9-/m0/s1. The van der Waals surface area contributed by atoms with Gasteiger partial charge in [-0.1, -0.05) is 6.08 Å². The zero-order valence-corrected chi connectivity index (χ0v) is 6.88. The second-order valence-corrected chi connectivity index (χ2v) is 2.64. The maximum atomic E-state index is 10.5. The van der Waals surface area contributed by atoms with Crippen LogP contribution in [-0.2, 0) is 9.59 Å². The van der Waals surface area contributed by atoms with Crippen molar-refractivity contribution in [3.8, 4) is 0 Å². The molecule has 0 spiro atoms. The third-order valence-electron chi connectivity index (χ3n) is 1.60. The van der Waals surface area contributed by atoms with E-state index >= 15 is 0 Å². The SMILES string of the molecule is C=C[C@H](CC=O)CCC(C)=O. The van der Waals surface area contributed by atoms with E-state index in [-0.39, 0.29) is 11.7 Å². The molecule has 0 aliphatic rings. The highest BCUT2D eigenvalue weighted by molar-refractivity contribution is 5.75. The van der Waals surface area contributed by atoms with Crippen LogP contribution in [0.25, 0.3) is 0 Å². The second-order valence-electron chi connectivity index (χ2n) is 2.64. The predicted molar refractivity (Wildman–Crippen MR) is 44.3 cm³/mol. The highest BCUT2D eigenvalue weighted by Gasteiger charge is 2.03. The van der Waals surface area contributed by atoms with Crippen LogP contribution in [0.4, 0.5) is 0 Å². The summed E-state index contributed by atoms with van der Waals surface area (Å²) in [6.45, 7) is 5.14. The van der Waals surface area contributed by atoms with Crippen molar-refractivity contribution in [2.45, 2.75) is 26.2 Å². The number of carbonyl (C=O) groups excluding carboxylic acids is 2. The Hall–Kier alpha value is -0.920. The molecule has 1 atom stereocenters. The van der Waals surface area contributed by atoms with E-state index in [0.717, 1.165) is 12.7 Å². The number of allylic oxidation sites excluding steroid dienone is 1. The average Bonchev–Trinajstić information content (AvgIpc) is 1.97. The Balaban J connectivity index is 3.59. The van der Waals surface area contributed by atoms with Crippen molar-refractivity contribution in [1.29, 1.82) is 0 Å². The smallest absolute Gasteiger partial charge is 0.129 e. The van der Waals surface area contributed by atoms with Gasteiger partial charge in [0.2, 0.25) is 0 Å². The van der Waals surface area contributed by atoms with Crippen LogP contribution in [-0.4, -0.2) is 12.1 Å². The Morgan fingerprint density at radius 3 is 2.64 bits per heavy atom. The first-order valence-electron chi connectivity index (χ1n) is 3.76. The fourth-order valence-electron chi connectivity index (χ4n) is 0.844. The molecule has 0 aliphatic heterocycles. The highest BCUT2D eigenvalue weighted by Crippen LogP contribution is 2.10. The molecule has 2 heteroatoms. The summed E-state index contributed by atoms with van der Waals surface area (Å²) in [5.41, 5.74) is 0. The Morgan fingerprint density at radius 2 is 2.27 bits per heavy atom. The zero-order chi connectivity index (χ0) is 8.69. The summed E-state index contributed by atoms with van der Waals surface area (Å²) in [6.07, 6.45) is 4.38. The van der Waals surface area contributed by atoms with Gasteiger partial charge in [-0.25, -0.2) is 0 Å². The Morgan fingerprint density at radius 1 is 1.64 bits per heavy atom. The molecule has 0 N–H and O–H groups in total. The van der Waals surface area contributed by atoms with Crippen LogP contribution in [0.1, 0.15) is 26.2 Å². The van der Waals surface area contributed by atoms with E-state index in [1.807, 2.05) is 0 Å². The monoisotopic (exact) mass is 154 g/mol. The Bertz CT molecular complexity index is 150. The summed E-state index contributed by atoms with van der Waals surface area (Å²) < 4.78 is 0. The lowest BCUT2D eigenvalue weighted by Crippen LogP contribution is -2.00. The first kappa shape index (κ1) is 10.1. The second kappa shape index (κ2) is 5.83. The minimum absolute atomic E-state index is 0.169. The molecule has 0 aromatic heterocycles. The Labute approximate surface area is 67.3 Å².